The Labute approximate surface area is 149 Å². The SMILES string of the molecule is Cc1ccc(C)c(CNc2cccc(C(=O)N3CCOCC3)c2C)c1. The predicted octanol–water partition coefficient (Wildman–Crippen LogP) is 3.70. The lowest BCUT2D eigenvalue weighted by atomic mass is 10.0. The molecule has 1 amide bonds. The second-order valence-electron chi connectivity index (χ2n) is 6.67. The highest BCUT2D eigenvalue weighted by Gasteiger charge is 2.20. The molecule has 1 aliphatic rings. The lowest BCUT2D eigenvalue weighted by Crippen LogP contribution is -2.41. The van der Waals surface area contributed by atoms with Crippen molar-refractivity contribution in [3.8, 4) is 0 Å². The van der Waals surface area contributed by atoms with Gasteiger partial charge in [0.1, 0.15) is 0 Å². The summed E-state index contributed by atoms with van der Waals surface area (Å²) in [6.07, 6.45) is 0. The van der Waals surface area contributed by atoms with Crippen molar-refractivity contribution in [2.75, 3.05) is 31.6 Å². The van der Waals surface area contributed by atoms with E-state index in [0.29, 0.717) is 26.3 Å². The second-order valence-corrected chi connectivity index (χ2v) is 6.67. The third-order valence-corrected chi connectivity index (χ3v) is 4.84. The highest BCUT2D eigenvalue weighted by molar-refractivity contribution is 5.97. The van der Waals surface area contributed by atoms with Gasteiger partial charge in [0, 0.05) is 30.9 Å². The van der Waals surface area contributed by atoms with Crippen LogP contribution in [0.25, 0.3) is 0 Å². The molecule has 0 aliphatic carbocycles. The minimum atomic E-state index is 0.0937. The molecule has 1 N–H and O–H groups in total. The number of benzene rings is 2. The van der Waals surface area contributed by atoms with E-state index in [1.54, 1.807) is 0 Å². The van der Waals surface area contributed by atoms with Crippen molar-refractivity contribution in [1.29, 1.82) is 0 Å². The smallest absolute Gasteiger partial charge is 0.254 e. The number of anilines is 1. The van der Waals surface area contributed by atoms with Gasteiger partial charge in [0.25, 0.3) is 5.91 Å². The van der Waals surface area contributed by atoms with Crippen LogP contribution >= 0.6 is 0 Å². The molecule has 2 aromatic carbocycles. The highest BCUT2D eigenvalue weighted by atomic mass is 16.5. The molecule has 0 atom stereocenters. The van der Waals surface area contributed by atoms with Gasteiger partial charge >= 0.3 is 0 Å². The number of rotatable bonds is 4. The normalized spacial score (nSPS) is 14.4. The van der Waals surface area contributed by atoms with E-state index in [2.05, 4.69) is 37.4 Å². The van der Waals surface area contributed by atoms with Crippen molar-refractivity contribution in [2.24, 2.45) is 0 Å². The van der Waals surface area contributed by atoms with Crippen LogP contribution in [0.5, 0.6) is 0 Å². The van der Waals surface area contributed by atoms with E-state index >= 15 is 0 Å². The summed E-state index contributed by atoms with van der Waals surface area (Å²) in [5.74, 6) is 0.0937. The number of morpholine rings is 1. The fraction of sp³-hybridized carbons (Fsp3) is 0.381. The number of ether oxygens (including phenoxy) is 1. The number of hydrogen-bond acceptors (Lipinski definition) is 3. The van der Waals surface area contributed by atoms with E-state index in [-0.39, 0.29) is 5.91 Å². The molecular formula is C21H26N2O2. The molecule has 0 bridgehead atoms. The monoisotopic (exact) mass is 338 g/mol. The van der Waals surface area contributed by atoms with E-state index in [4.69, 9.17) is 4.74 Å². The highest BCUT2D eigenvalue weighted by Crippen LogP contribution is 2.22. The van der Waals surface area contributed by atoms with Crippen LogP contribution in [0.15, 0.2) is 36.4 Å². The molecule has 4 nitrogen and oxygen atoms in total. The third kappa shape index (κ3) is 4.02. The molecule has 0 radical (unpaired) electrons. The fourth-order valence-electron chi connectivity index (χ4n) is 3.18. The maximum absolute atomic E-state index is 12.8. The van der Waals surface area contributed by atoms with Crippen molar-refractivity contribution < 1.29 is 9.53 Å². The lowest BCUT2D eigenvalue weighted by Gasteiger charge is -2.27. The summed E-state index contributed by atoms with van der Waals surface area (Å²) < 4.78 is 5.34. The minimum Gasteiger partial charge on any atom is -0.381 e. The van der Waals surface area contributed by atoms with Crippen molar-refractivity contribution >= 4 is 11.6 Å². The Morgan fingerprint density at radius 1 is 1.12 bits per heavy atom. The van der Waals surface area contributed by atoms with Gasteiger partial charge in [-0.05, 0) is 49.6 Å². The predicted molar refractivity (Wildman–Crippen MR) is 101 cm³/mol. The number of carbonyl (C=O) groups is 1. The Bertz CT molecular complexity index is 764. The Hall–Kier alpha value is -2.33. The fourth-order valence-corrected chi connectivity index (χ4v) is 3.18. The van der Waals surface area contributed by atoms with Gasteiger partial charge in [-0.25, -0.2) is 0 Å². The number of aryl methyl sites for hydroxylation is 2. The van der Waals surface area contributed by atoms with Gasteiger partial charge in [-0.15, -0.1) is 0 Å². The number of amides is 1. The molecule has 0 saturated carbocycles. The second kappa shape index (κ2) is 7.70. The minimum absolute atomic E-state index is 0.0937. The molecule has 4 heteroatoms. The average molecular weight is 338 g/mol. The quantitative estimate of drug-likeness (QED) is 0.924. The van der Waals surface area contributed by atoms with Crippen LogP contribution in [0.1, 0.15) is 32.6 Å². The molecule has 2 aromatic rings. The lowest BCUT2D eigenvalue weighted by molar-refractivity contribution is 0.0302. The molecule has 0 spiro atoms. The molecule has 132 valence electrons. The van der Waals surface area contributed by atoms with E-state index in [1.165, 1.54) is 16.7 Å². The van der Waals surface area contributed by atoms with E-state index in [0.717, 1.165) is 23.4 Å². The maximum Gasteiger partial charge on any atom is 0.254 e. The van der Waals surface area contributed by atoms with E-state index in [1.807, 2.05) is 30.0 Å². The van der Waals surface area contributed by atoms with Gasteiger partial charge in [-0.3, -0.25) is 4.79 Å². The summed E-state index contributed by atoms with van der Waals surface area (Å²) in [6, 6.07) is 12.4. The summed E-state index contributed by atoms with van der Waals surface area (Å²) in [5, 5.41) is 3.50. The van der Waals surface area contributed by atoms with Crippen LogP contribution in [-0.2, 0) is 11.3 Å². The first-order chi connectivity index (χ1) is 12.1. The van der Waals surface area contributed by atoms with Crippen molar-refractivity contribution in [3.63, 3.8) is 0 Å². The van der Waals surface area contributed by atoms with Crippen molar-refractivity contribution in [3.05, 3.63) is 64.2 Å². The number of nitrogens with one attached hydrogen (secondary N) is 1. The molecule has 1 fully saturated rings. The first kappa shape index (κ1) is 17.5. The molecule has 1 heterocycles. The summed E-state index contributed by atoms with van der Waals surface area (Å²) >= 11 is 0. The van der Waals surface area contributed by atoms with Gasteiger partial charge in [-0.2, -0.15) is 0 Å². The average Bonchev–Trinajstić information content (AvgIpc) is 2.63. The molecule has 3 rings (SSSR count). The topological polar surface area (TPSA) is 41.6 Å². The first-order valence-electron chi connectivity index (χ1n) is 8.83. The van der Waals surface area contributed by atoms with Crippen LogP contribution in [0.4, 0.5) is 5.69 Å². The summed E-state index contributed by atoms with van der Waals surface area (Å²) in [6.45, 7) is 9.57. The zero-order valence-electron chi connectivity index (χ0n) is 15.3. The van der Waals surface area contributed by atoms with Crippen molar-refractivity contribution in [2.45, 2.75) is 27.3 Å². The number of carbonyl (C=O) groups excluding carboxylic acids is 1. The molecule has 25 heavy (non-hydrogen) atoms. The Balaban J connectivity index is 1.76. The van der Waals surface area contributed by atoms with E-state index < -0.39 is 0 Å². The summed E-state index contributed by atoms with van der Waals surface area (Å²) in [4.78, 5) is 14.7. The standard InChI is InChI=1S/C21H26N2O2/c1-15-7-8-16(2)18(13-15)14-22-20-6-4-5-19(17(20)3)21(24)23-9-11-25-12-10-23/h4-8,13,22H,9-12,14H2,1-3H3. The van der Waals surface area contributed by atoms with Crippen LogP contribution in [0.2, 0.25) is 0 Å². The number of hydrogen-bond donors (Lipinski definition) is 1. The zero-order chi connectivity index (χ0) is 17.8. The summed E-state index contributed by atoms with van der Waals surface area (Å²) in [5.41, 5.74) is 6.60. The maximum atomic E-state index is 12.8. The largest absolute Gasteiger partial charge is 0.381 e. The van der Waals surface area contributed by atoms with Crippen molar-refractivity contribution in [1.82, 2.24) is 4.90 Å². The van der Waals surface area contributed by atoms with Crippen LogP contribution in [-0.4, -0.2) is 37.1 Å². The molecule has 1 saturated heterocycles. The third-order valence-electron chi connectivity index (χ3n) is 4.84. The van der Waals surface area contributed by atoms with E-state index in [9.17, 15) is 4.79 Å². The van der Waals surface area contributed by atoms with Crippen LogP contribution in [0.3, 0.4) is 0 Å². The van der Waals surface area contributed by atoms with Gasteiger partial charge in [-0.1, -0.05) is 29.8 Å². The molecule has 0 unspecified atom stereocenters. The first-order valence-corrected chi connectivity index (χ1v) is 8.83. The van der Waals surface area contributed by atoms with Gasteiger partial charge in [0.15, 0.2) is 0 Å². The van der Waals surface area contributed by atoms with Gasteiger partial charge in [0.05, 0.1) is 13.2 Å². The van der Waals surface area contributed by atoms with Crippen LogP contribution < -0.4 is 5.32 Å². The summed E-state index contributed by atoms with van der Waals surface area (Å²) in [7, 11) is 0. The number of nitrogens with zero attached hydrogens (tertiary/aromatic N) is 1. The zero-order valence-corrected chi connectivity index (χ0v) is 15.3. The van der Waals surface area contributed by atoms with Crippen LogP contribution in [0, 0.1) is 20.8 Å². The Morgan fingerprint density at radius 2 is 1.88 bits per heavy atom. The molecule has 1 aliphatic heterocycles. The Morgan fingerprint density at radius 3 is 2.64 bits per heavy atom. The van der Waals surface area contributed by atoms with Gasteiger partial charge < -0.3 is 15.0 Å². The molecular weight excluding hydrogens is 312 g/mol. The van der Waals surface area contributed by atoms with Gasteiger partial charge in [0.2, 0.25) is 0 Å². The molecule has 0 aromatic heterocycles. The Kier molecular flexibility index (Phi) is 5.39.